The molecule has 2 aliphatic heterocycles. The molecule has 0 unspecified atom stereocenters. The fourth-order valence-corrected chi connectivity index (χ4v) is 3.83. The van der Waals surface area contributed by atoms with Gasteiger partial charge in [0.15, 0.2) is 12.2 Å². The second kappa shape index (κ2) is 8.49. The Hall–Kier alpha value is -3.44. The van der Waals surface area contributed by atoms with Crippen LogP contribution in [0.3, 0.4) is 0 Å². The number of morpholine rings is 1. The maximum absolute atomic E-state index is 13.2. The Bertz CT molecular complexity index is 1130. The summed E-state index contributed by atoms with van der Waals surface area (Å²) in [4.78, 5) is 38.2. The van der Waals surface area contributed by atoms with Gasteiger partial charge in [0.2, 0.25) is 0 Å². The molecule has 2 aliphatic rings. The van der Waals surface area contributed by atoms with Crippen molar-refractivity contribution in [1.29, 1.82) is 0 Å². The average molecular weight is 463 g/mol. The van der Waals surface area contributed by atoms with Crippen molar-refractivity contribution in [2.75, 3.05) is 23.4 Å². The summed E-state index contributed by atoms with van der Waals surface area (Å²) in [6, 6.07) is 7.81. The van der Waals surface area contributed by atoms with E-state index in [1.54, 1.807) is 6.07 Å². The molecule has 33 heavy (non-hydrogen) atoms. The molecule has 2 aromatic rings. The maximum Gasteiger partial charge on any atom is 0.416 e. The lowest BCUT2D eigenvalue weighted by Crippen LogP contribution is -2.55. The second-order valence-electron chi connectivity index (χ2n) is 7.82. The zero-order chi connectivity index (χ0) is 23.9. The van der Waals surface area contributed by atoms with Gasteiger partial charge in [-0.2, -0.15) is 13.2 Å². The second-order valence-corrected chi connectivity index (χ2v) is 7.82. The highest BCUT2D eigenvalue weighted by Gasteiger charge is 2.40. The summed E-state index contributed by atoms with van der Waals surface area (Å²) in [5, 5.41) is 15.6. The number of hydrogen-bond acceptors (Lipinski definition) is 5. The van der Waals surface area contributed by atoms with E-state index in [9.17, 15) is 32.7 Å². The van der Waals surface area contributed by atoms with Gasteiger partial charge in [-0.05, 0) is 54.4 Å². The molecule has 3 N–H and O–H groups in total. The van der Waals surface area contributed by atoms with Gasteiger partial charge in [0, 0.05) is 30.0 Å². The first kappa shape index (κ1) is 22.7. The topological polar surface area (TPSA) is 108 Å². The van der Waals surface area contributed by atoms with E-state index < -0.39 is 35.8 Å². The van der Waals surface area contributed by atoms with Crippen LogP contribution in [0.2, 0.25) is 0 Å². The van der Waals surface area contributed by atoms with Crippen molar-refractivity contribution in [3.05, 3.63) is 58.7 Å². The maximum atomic E-state index is 13.2. The van der Waals surface area contributed by atoms with Crippen molar-refractivity contribution < 1.29 is 37.4 Å². The molecule has 11 heteroatoms. The first-order valence-electron chi connectivity index (χ1n) is 10.1. The molecule has 4 rings (SSSR count). The molecule has 2 aromatic carbocycles. The van der Waals surface area contributed by atoms with Crippen LogP contribution in [-0.4, -0.2) is 48.2 Å². The van der Waals surface area contributed by atoms with Crippen LogP contribution in [0.1, 0.15) is 27.0 Å². The molecule has 3 amide bonds. The predicted octanol–water partition coefficient (Wildman–Crippen LogP) is 1.99. The van der Waals surface area contributed by atoms with Crippen molar-refractivity contribution in [2.45, 2.75) is 31.9 Å². The lowest BCUT2D eigenvalue weighted by atomic mass is 10.1. The molecule has 1 saturated heterocycles. The monoisotopic (exact) mass is 463 g/mol. The minimum atomic E-state index is -4.59. The van der Waals surface area contributed by atoms with Crippen LogP contribution >= 0.6 is 0 Å². The van der Waals surface area contributed by atoms with E-state index in [-0.39, 0.29) is 24.7 Å². The molecule has 2 heterocycles. The SMILES string of the molecule is Cc1cc(N2CCO[C@H]([C@@H](O)C(=O)Nc3ccc4c(c3)CNC4=O)C2=O)cc(C(F)(F)F)c1. The van der Waals surface area contributed by atoms with Gasteiger partial charge in [0.25, 0.3) is 17.7 Å². The molecule has 0 saturated carbocycles. The zero-order valence-corrected chi connectivity index (χ0v) is 17.4. The highest BCUT2D eigenvalue weighted by molar-refractivity contribution is 6.04. The fraction of sp³-hybridized carbons (Fsp3) is 0.318. The van der Waals surface area contributed by atoms with E-state index in [2.05, 4.69) is 10.6 Å². The van der Waals surface area contributed by atoms with Crippen molar-refractivity contribution >= 4 is 29.1 Å². The number of nitrogens with zero attached hydrogens (tertiary/aromatic N) is 1. The van der Waals surface area contributed by atoms with Gasteiger partial charge in [0.1, 0.15) is 0 Å². The number of aliphatic hydroxyl groups is 1. The number of aliphatic hydroxyl groups excluding tert-OH is 1. The molecule has 0 aliphatic carbocycles. The Balaban J connectivity index is 1.50. The Kier molecular flexibility index (Phi) is 5.85. The average Bonchev–Trinajstić information content (AvgIpc) is 3.12. The van der Waals surface area contributed by atoms with Crippen LogP contribution < -0.4 is 15.5 Å². The minimum Gasteiger partial charge on any atom is -0.380 e. The molecule has 2 atom stereocenters. The lowest BCUT2D eigenvalue weighted by Gasteiger charge is -2.34. The fourth-order valence-electron chi connectivity index (χ4n) is 3.83. The number of fused-ring (bicyclic) bond motifs is 1. The largest absolute Gasteiger partial charge is 0.416 e. The molecule has 0 aromatic heterocycles. The number of hydrogen-bond donors (Lipinski definition) is 3. The summed E-state index contributed by atoms with van der Waals surface area (Å²) in [7, 11) is 0. The third-order valence-electron chi connectivity index (χ3n) is 5.44. The number of rotatable bonds is 4. The lowest BCUT2D eigenvalue weighted by molar-refractivity contribution is -0.150. The molecular formula is C22H20F3N3O5. The van der Waals surface area contributed by atoms with E-state index in [0.717, 1.165) is 17.0 Å². The first-order valence-corrected chi connectivity index (χ1v) is 10.1. The van der Waals surface area contributed by atoms with Crippen molar-refractivity contribution in [2.24, 2.45) is 0 Å². The van der Waals surface area contributed by atoms with Gasteiger partial charge >= 0.3 is 6.18 Å². The summed E-state index contributed by atoms with van der Waals surface area (Å²) in [5.41, 5.74) is 0.858. The van der Waals surface area contributed by atoms with E-state index in [1.165, 1.54) is 25.1 Å². The van der Waals surface area contributed by atoms with E-state index in [1.807, 2.05) is 0 Å². The summed E-state index contributed by atoms with van der Waals surface area (Å²) in [5.74, 6) is -1.98. The zero-order valence-electron chi connectivity index (χ0n) is 17.4. The number of benzene rings is 2. The highest BCUT2D eigenvalue weighted by atomic mass is 19.4. The molecule has 0 spiro atoms. The molecular weight excluding hydrogens is 443 g/mol. The Labute approximate surface area is 186 Å². The van der Waals surface area contributed by atoms with E-state index >= 15 is 0 Å². The Morgan fingerprint density at radius 3 is 2.73 bits per heavy atom. The van der Waals surface area contributed by atoms with Gasteiger partial charge in [-0.25, -0.2) is 0 Å². The van der Waals surface area contributed by atoms with Gasteiger partial charge < -0.3 is 25.4 Å². The molecule has 0 bridgehead atoms. The van der Waals surface area contributed by atoms with Gasteiger partial charge in [-0.3, -0.25) is 14.4 Å². The van der Waals surface area contributed by atoms with E-state index in [4.69, 9.17) is 4.74 Å². The van der Waals surface area contributed by atoms with Crippen LogP contribution in [0.15, 0.2) is 36.4 Å². The number of ether oxygens (including phenoxy) is 1. The summed E-state index contributed by atoms with van der Waals surface area (Å²) in [6.07, 6.45) is -8.09. The number of halogens is 3. The van der Waals surface area contributed by atoms with Crippen LogP contribution in [0.4, 0.5) is 24.5 Å². The highest BCUT2D eigenvalue weighted by Crippen LogP contribution is 2.33. The first-order chi connectivity index (χ1) is 15.5. The Morgan fingerprint density at radius 2 is 2.00 bits per heavy atom. The van der Waals surface area contributed by atoms with Gasteiger partial charge in [-0.15, -0.1) is 0 Å². The summed E-state index contributed by atoms with van der Waals surface area (Å²) >= 11 is 0. The molecule has 0 radical (unpaired) electrons. The Morgan fingerprint density at radius 1 is 1.24 bits per heavy atom. The molecule has 1 fully saturated rings. The smallest absolute Gasteiger partial charge is 0.380 e. The van der Waals surface area contributed by atoms with E-state index in [0.29, 0.717) is 28.9 Å². The normalized spacial score (nSPS) is 19.2. The van der Waals surface area contributed by atoms with Gasteiger partial charge in [0.05, 0.1) is 12.2 Å². The van der Waals surface area contributed by atoms with Crippen LogP contribution in [0.5, 0.6) is 0 Å². The predicted molar refractivity (Wildman–Crippen MR) is 111 cm³/mol. The number of carbonyl (C=O) groups is 3. The van der Waals surface area contributed by atoms with Crippen LogP contribution in [-0.2, 0) is 27.0 Å². The number of alkyl halides is 3. The number of aryl methyl sites for hydroxylation is 1. The number of anilines is 2. The number of carbonyl (C=O) groups excluding carboxylic acids is 3. The molecule has 174 valence electrons. The van der Waals surface area contributed by atoms with Crippen LogP contribution in [0, 0.1) is 6.92 Å². The standard InChI is InChI=1S/C22H20F3N3O5/c1-11-6-13(22(23,24)25)9-15(7-11)28-4-5-33-18(21(28)32)17(29)20(31)27-14-2-3-16-12(8-14)10-26-19(16)30/h2-3,6-9,17-18,29H,4-5,10H2,1H3,(H,26,30)(H,27,31)/t17-,18-/m1/s1. The van der Waals surface area contributed by atoms with Crippen molar-refractivity contribution in [3.8, 4) is 0 Å². The molecule has 8 nitrogen and oxygen atoms in total. The number of nitrogens with one attached hydrogen (secondary N) is 2. The number of amides is 3. The van der Waals surface area contributed by atoms with Crippen molar-refractivity contribution in [3.63, 3.8) is 0 Å². The third-order valence-corrected chi connectivity index (χ3v) is 5.44. The summed E-state index contributed by atoms with van der Waals surface area (Å²) < 4.78 is 44.9. The van der Waals surface area contributed by atoms with Gasteiger partial charge in [-0.1, -0.05) is 0 Å². The summed E-state index contributed by atoms with van der Waals surface area (Å²) in [6.45, 7) is 1.66. The minimum absolute atomic E-state index is 0.00372. The van der Waals surface area contributed by atoms with Crippen LogP contribution in [0.25, 0.3) is 0 Å². The van der Waals surface area contributed by atoms with Crippen molar-refractivity contribution in [1.82, 2.24) is 5.32 Å². The quantitative estimate of drug-likeness (QED) is 0.643. The third kappa shape index (κ3) is 4.55.